The van der Waals surface area contributed by atoms with Crippen molar-refractivity contribution in [1.29, 1.82) is 10.5 Å². The smallest absolute Gasteiger partial charge is 0.192 e. The zero-order valence-corrected chi connectivity index (χ0v) is 17.4. The predicted octanol–water partition coefficient (Wildman–Crippen LogP) is 6.01. The molecule has 3 aromatic carbocycles. The second-order valence-electron chi connectivity index (χ2n) is 8.67. The van der Waals surface area contributed by atoms with Gasteiger partial charge in [0.25, 0.3) is 0 Å². The van der Waals surface area contributed by atoms with Gasteiger partial charge in [0, 0.05) is 11.0 Å². The van der Waals surface area contributed by atoms with E-state index in [0.29, 0.717) is 5.56 Å². The van der Waals surface area contributed by atoms with Gasteiger partial charge in [-0.25, -0.2) is 0 Å². The van der Waals surface area contributed by atoms with Crippen molar-refractivity contribution in [2.24, 2.45) is 10.4 Å². The molecule has 0 aromatic heterocycles. The number of aliphatic imine (C=N–C) groups is 1. The van der Waals surface area contributed by atoms with Gasteiger partial charge in [-0.15, -0.1) is 0 Å². The quantitative estimate of drug-likeness (QED) is 0.469. The van der Waals surface area contributed by atoms with Crippen LogP contribution in [0.2, 0.25) is 0 Å². The van der Waals surface area contributed by atoms with Crippen LogP contribution in [-0.2, 0) is 19.3 Å². The van der Waals surface area contributed by atoms with E-state index >= 15 is 0 Å². The third-order valence-corrected chi connectivity index (χ3v) is 7.09. The number of benzene rings is 3. The van der Waals surface area contributed by atoms with E-state index in [4.69, 9.17) is 0 Å². The Morgan fingerprint density at radius 1 is 0.710 bits per heavy atom. The SMILES string of the molecule is N#C/N=C1/c2cc(-c3cccc(C#N)c3)ccc2CCC12CCc1ccccc1CC2. The number of hydrogen-bond acceptors (Lipinski definition) is 3. The van der Waals surface area contributed by atoms with E-state index in [1.165, 1.54) is 16.7 Å². The van der Waals surface area contributed by atoms with Gasteiger partial charge in [-0.1, -0.05) is 48.5 Å². The van der Waals surface area contributed by atoms with E-state index in [1.54, 1.807) is 0 Å². The van der Waals surface area contributed by atoms with Gasteiger partial charge >= 0.3 is 0 Å². The Morgan fingerprint density at radius 3 is 2.06 bits per heavy atom. The minimum Gasteiger partial charge on any atom is -0.192 e. The molecule has 0 heterocycles. The second kappa shape index (κ2) is 7.86. The summed E-state index contributed by atoms with van der Waals surface area (Å²) in [5, 5.41) is 18.9. The molecule has 5 rings (SSSR count). The van der Waals surface area contributed by atoms with Crippen LogP contribution < -0.4 is 0 Å². The number of fused-ring (bicyclic) bond motifs is 2. The summed E-state index contributed by atoms with van der Waals surface area (Å²) in [4.78, 5) is 4.44. The topological polar surface area (TPSA) is 59.9 Å². The Balaban J connectivity index is 1.58. The highest BCUT2D eigenvalue weighted by atomic mass is 14.8. The first-order chi connectivity index (χ1) is 15.2. The molecule has 0 amide bonds. The Hall–Kier alpha value is -3.69. The average molecular weight is 402 g/mol. The fraction of sp³-hybridized carbons (Fsp3) is 0.250. The highest BCUT2D eigenvalue weighted by Crippen LogP contribution is 2.46. The molecular weight excluding hydrogens is 378 g/mol. The Bertz CT molecular complexity index is 1240. The summed E-state index contributed by atoms with van der Waals surface area (Å²) in [6.07, 6.45) is 8.27. The fourth-order valence-corrected chi connectivity index (χ4v) is 5.37. The molecule has 3 heteroatoms. The molecule has 0 bridgehead atoms. The maximum atomic E-state index is 9.58. The molecule has 150 valence electrons. The largest absolute Gasteiger partial charge is 0.205 e. The average Bonchev–Trinajstić information content (AvgIpc) is 3.01. The molecule has 0 atom stereocenters. The molecule has 31 heavy (non-hydrogen) atoms. The van der Waals surface area contributed by atoms with Crippen LogP contribution in [0.3, 0.4) is 0 Å². The van der Waals surface area contributed by atoms with Crippen molar-refractivity contribution in [1.82, 2.24) is 0 Å². The Kier molecular flexibility index (Phi) is 4.89. The second-order valence-corrected chi connectivity index (χ2v) is 8.67. The summed E-state index contributed by atoms with van der Waals surface area (Å²) in [5.74, 6) is 0. The van der Waals surface area contributed by atoms with Gasteiger partial charge in [-0.2, -0.15) is 15.5 Å². The van der Waals surface area contributed by atoms with Gasteiger partial charge in [0.2, 0.25) is 6.19 Å². The van der Waals surface area contributed by atoms with Crippen molar-refractivity contribution in [2.75, 3.05) is 0 Å². The van der Waals surface area contributed by atoms with Gasteiger partial charge in [0.15, 0.2) is 0 Å². The van der Waals surface area contributed by atoms with Crippen molar-refractivity contribution in [3.63, 3.8) is 0 Å². The highest BCUT2D eigenvalue weighted by molar-refractivity contribution is 6.08. The molecule has 0 N–H and O–H groups in total. The normalized spacial score (nSPS) is 17.8. The van der Waals surface area contributed by atoms with Gasteiger partial charge in [0.1, 0.15) is 0 Å². The summed E-state index contributed by atoms with van der Waals surface area (Å²) in [5.41, 5.74) is 8.88. The minimum atomic E-state index is -0.0606. The standard InChI is InChI=1S/C28H23N3/c29-18-20-4-3-7-24(16-20)25-9-8-23-12-15-28(27(31-19-30)26(23)17-25)13-10-21-5-1-2-6-22(21)11-14-28/h1-9,16-17H,10-15H2/b31-27-. The molecule has 3 nitrogen and oxygen atoms in total. The Labute approximate surface area is 183 Å². The summed E-state index contributed by atoms with van der Waals surface area (Å²) < 4.78 is 0. The van der Waals surface area contributed by atoms with Crippen LogP contribution in [0.1, 0.15) is 47.1 Å². The number of aryl methyl sites for hydroxylation is 3. The van der Waals surface area contributed by atoms with E-state index in [1.807, 2.05) is 24.3 Å². The first-order valence-electron chi connectivity index (χ1n) is 10.9. The maximum absolute atomic E-state index is 9.58. The summed E-state index contributed by atoms with van der Waals surface area (Å²) in [7, 11) is 0. The molecule has 0 radical (unpaired) electrons. The molecule has 0 saturated heterocycles. The van der Waals surface area contributed by atoms with Crippen LogP contribution in [0.4, 0.5) is 0 Å². The van der Waals surface area contributed by atoms with Gasteiger partial charge in [-0.05, 0) is 84.5 Å². The van der Waals surface area contributed by atoms with E-state index in [9.17, 15) is 10.5 Å². The predicted molar refractivity (Wildman–Crippen MR) is 123 cm³/mol. The molecule has 2 aliphatic carbocycles. The monoisotopic (exact) mass is 401 g/mol. The van der Waals surface area contributed by atoms with Crippen molar-refractivity contribution in [3.8, 4) is 23.4 Å². The van der Waals surface area contributed by atoms with Gasteiger partial charge in [0.05, 0.1) is 17.3 Å². The lowest BCUT2D eigenvalue weighted by Crippen LogP contribution is -2.37. The lowest BCUT2D eigenvalue weighted by atomic mass is 9.65. The maximum Gasteiger partial charge on any atom is 0.205 e. The number of nitriles is 2. The molecule has 0 aliphatic heterocycles. The zero-order valence-electron chi connectivity index (χ0n) is 17.4. The molecule has 1 spiro atoms. The van der Waals surface area contributed by atoms with Gasteiger partial charge < -0.3 is 0 Å². The number of hydrogen-bond donors (Lipinski definition) is 0. The van der Waals surface area contributed by atoms with E-state index < -0.39 is 0 Å². The van der Waals surface area contributed by atoms with Crippen molar-refractivity contribution >= 4 is 5.71 Å². The third kappa shape index (κ3) is 3.43. The number of rotatable bonds is 1. The molecule has 3 aromatic rings. The minimum absolute atomic E-state index is 0.0606. The van der Waals surface area contributed by atoms with Crippen molar-refractivity contribution < 1.29 is 0 Å². The molecular formula is C28H23N3. The Morgan fingerprint density at radius 2 is 1.39 bits per heavy atom. The first kappa shape index (κ1) is 19.3. The van der Waals surface area contributed by atoms with Crippen LogP contribution in [0.5, 0.6) is 0 Å². The fourth-order valence-electron chi connectivity index (χ4n) is 5.37. The van der Waals surface area contributed by atoms with Crippen molar-refractivity contribution in [2.45, 2.75) is 38.5 Å². The summed E-state index contributed by atoms with van der Waals surface area (Å²) in [6, 6.07) is 25.1. The molecule has 2 aliphatic rings. The van der Waals surface area contributed by atoms with Gasteiger partial charge in [-0.3, -0.25) is 0 Å². The van der Waals surface area contributed by atoms with Crippen molar-refractivity contribution in [3.05, 3.63) is 94.5 Å². The van der Waals surface area contributed by atoms with E-state index in [2.05, 4.69) is 59.7 Å². The lowest BCUT2D eigenvalue weighted by molar-refractivity contribution is 0.331. The van der Waals surface area contributed by atoms with Crippen LogP contribution in [0.15, 0.2) is 71.7 Å². The third-order valence-electron chi connectivity index (χ3n) is 7.09. The van der Waals surface area contributed by atoms with Crippen LogP contribution >= 0.6 is 0 Å². The van der Waals surface area contributed by atoms with E-state index in [-0.39, 0.29) is 5.41 Å². The molecule has 0 unspecified atom stereocenters. The van der Waals surface area contributed by atoms with E-state index in [0.717, 1.165) is 60.9 Å². The lowest BCUT2D eigenvalue weighted by Gasteiger charge is -2.39. The summed E-state index contributed by atoms with van der Waals surface area (Å²) in [6.45, 7) is 0. The molecule has 0 saturated carbocycles. The van der Waals surface area contributed by atoms with Crippen LogP contribution in [0, 0.1) is 28.2 Å². The highest BCUT2D eigenvalue weighted by Gasteiger charge is 2.41. The van der Waals surface area contributed by atoms with Crippen LogP contribution in [0.25, 0.3) is 11.1 Å². The van der Waals surface area contributed by atoms with Crippen LogP contribution in [-0.4, -0.2) is 5.71 Å². The summed E-state index contributed by atoms with van der Waals surface area (Å²) >= 11 is 0. The number of nitrogens with zero attached hydrogens (tertiary/aromatic N) is 3. The molecule has 0 fully saturated rings. The first-order valence-corrected chi connectivity index (χ1v) is 10.9. The zero-order chi connectivity index (χ0) is 21.3.